The van der Waals surface area contributed by atoms with Gasteiger partial charge in [0.25, 0.3) is 0 Å². The lowest BCUT2D eigenvalue weighted by atomic mass is 9.93. The lowest BCUT2D eigenvalue weighted by Crippen LogP contribution is -2.30. The fourth-order valence-corrected chi connectivity index (χ4v) is 2.42. The van der Waals surface area contributed by atoms with Crippen molar-refractivity contribution in [1.82, 2.24) is 15.1 Å². The second-order valence-electron chi connectivity index (χ2n) is 4.51. The molecular weight excluding hydrogens is 232 g/mol. The molecule has 6 nitrogen and oxygen atoms in total. The molecule has 102 valence electrons. The minimum atomic E-state index is -0.299. The van der Waals surface area contributed by atoms with Crippen LogP contribution >= 0.6 is 0 Å². The van der Waals surface area contributed by atoms with Gasteiger partial charge in [-0.25, -0.2) is 0 Å². The van der Waals surface area contributed by atoms with E-state index in [4.69, 9.17) is 0 Å². The van der Waals surface area contributed by atoms with Crippen molar-refractivity contribution in [3.8, 4) is 0 Å². The average molecular weight is 254 g/mol. The first kappa shape index (κ1) is 14.6. The first-order valence-electron chi connectivity index (χ1n) is 6.35. The Morgan fingerprint density at radius 3 is 2.50 bits per heavy atom. The summed E-state index contributed by atoms with van der Waals surface area (Å²) < 4.78 is 1.67. The van der Waals surface area contributed by atoms with Crippen molar-refractivity contribution in [3.05, 3.63) is 21.5 Å². The molecule has 1 rings (SSSR count). The van der Waals surface area contributed by atoms with E-state index in [-0.39, 0.29) is 22.6 Å². The van der Waals surface area contributed by atoms with Crippen LogP contribution in [-0.2, 0) is 13.5 Å². The molecule has 0 aliphatic carbocycles. The van der Waals surface area contributed by atoms with Gasteiger partial charge in [-0.1, -0.05) is 13.8 Å². The standard InChI is InChI=1S/C12H22N4O2/c1-6-9(8(3)13-4)11-12(16(17)18)10(7-2)14-15(11)5/h8-9,13H,6-7H2,1-5H3. The molecule has 0 aliphatic rings. The highest BCUT2D eigenvalue weighted by molar-refractivity contribution is 5.44. The topological polar surface area (TPSA) is 73.0 Å². The van der Waals surface area contributed by atoms with Gasteiger partial charge in [-0.15, -0.1) is 0 Å². The zero-order valence-electron chi connectivity index (χ0n) is 11.7. The van der Waals surface area contributed by atoms with E-state index in [9.17, 15) is 10.1 Å². The Kier molecular flexibility index (Phi) is 4.84. The molecule has 2 atom stereocenters. The molecule has 0 fully saturated rings. The van der Waals surface area contributed by atoms with Crippen molar-refractivity contribution >= 4 is 5.69 Å². The first-order chi connectivity index (χ1) is 8.47. The number of nitrogens with zero attached hydrogens (tertiary/aromatic N) is 3. The highest BCUT2D eigenvalue weighted by Gasteiger charge is 2.32. The summed E-state index contributed by atoms with van der Waals surface area (Å²) in [4.78, 5) is 11.0. The number of likely N-dealkylation sites (N-methyl/N-ethyl adjacent to an activating group) is 1. The maximum absolute atomic E-state index is 11.3. The third-order valence-electron chi connectivity index (χ3n) is 3.50. The average Bonchev–Trinajstić information content (AvgIpc) is 2.67. The van der Waals surface area contributed by atoms with Crippen molar-refractivity contribution in [3.63, 3.8) is 0 Å². The van der Waals surface area contributed by atoms with Crippen LogP contribution in [0.25, 0.3) is 0 Å². The van der Waals surface area contributed by atoms with Gasteiger partial charge in [-0.3, -0.25) is 14.8 Å². The molecule has 1 heterocycles. The van der Waals surface area contributed by atoms with Crippen molar-refractivity contribution in [1.29, 1.82) is 0 Å². The van der Waals surface area contributed by atoms with Crippen LogP contribution in [-0.4, -0.2) is 27.8 Å². The number of aromatic nitrogens is 2. The highest BCUT2D eigenvalue weighted by Crippen LogP contribution is 2.33. The number of hydrogen-bond acceptors (Lipinski definition) is 4. The Balaban J connectivity index is 3.37. The van der Waals surface area contributed by atoms with Crippen LogP contribution in [0.5, 0.6) is 0 Å². The van der Waals surface area contributed by atoms with Gasteiger partial charge in [0.2, 0.25) is 0 Å². The van der Waals surface area contributed by atoms with Crippen molar-refractivity contribution in [2.75, 3.05) is 7.05 Å². The van der Waals surface area contributed by atoms with E-state index < -0.39 is 0 Å². The maximum atomic E-state index is 11.3. The number of rotatable bonds is 6. The molecule has 18 heavy (non-hydrogen) atoms. The van der Waals surface area contributed by atoms with E-state index in [1.807, 2.05) is 27.8 Å². The SMILES string of the molecule is CCc1nn(C)c(C(CC)C(C)NC)c1[N+](=O)[O-]. The monoisotopic (exact) mass is 254 g/mol. The molecule has 1 N–H and O–H groups in total. The van der Waals surface area contributed by atoms with Crippen LogP contribution < -0.4 is 5.32 Å². The zero-order valence-corrected chi connectivity index (χ0v) is 11.7. The minimum Gasteiger partial charge on any atom is -0.317 e. The van der Waals surface area contributed by atoms with Crippen LogP contribution in [0.4, 0.5) is 5.69 Å². The van der Waals surface area contributed by atoms with Crippen LogP contribution in [0, 0.1) is 10.1 Å². The molecule has 0 aromatic carbocycles. The third kappa shape index (κ3) is 2.53. The van der Waals surface area contributed by atoms with E-state index in [0.717, 1.165) is 12.1 Å². The van der Waals surface area contributed by atoms with Crippen LogP contribution in [0.3, 0.4) is 0 Å². The molecule has 6 heteroatoms. The lowest BCUT2D eigenvalue weighted by Gasteiger charge is -2.21. The number of aryl methyl sites for hydroxylation is 2. The first-order valence-corrected chi connectivity index (χ1v) is 6.35. The number of hydrogen-bond donors (Lipinski definition) is 1. The predicted octanol–water partition coefficient (Wildman–Crippen LogP) is 1.99. The van der Waals surface area contributed by atoms with Crippen LogP contribution in [0.2, 0.25) is 0 Å². The minimum absolute atomic E-state index is 0.0909. The second-order valence-corrected chi connectivity index (χ2v) is 4.51. The largest absolute Gasteiger partial charge is 0.317 e. The molecule has 0 aliphatic heterocycles. The summed E-state index contributed by atoms with van der Waals surface area (Å²) >= 11 is 0. The summed E-state index contributed by atoms with van der Waals surface area (Å²) in [5.41, 5.74) is 1.48. The quantitative estimate of drug-likeness (QED) is 0.622. The molecule has 0 amide bonds. The van der Waals surface area contributed by atoms with Gasteiger partial charge in [0.1, 0.15) is 11.4 Å². The smallest absolute Gasteiger partial charge is 0.313 e. The Hall–Kier alpha value is -1.43. The Labute approximate surface area is 108 Å². The van der Waals surface area contributed by atoms with E-state index in [0.29, 0.717) is 12.1 Å². The number of nitrogens with one attached hydrogen (secondary N) is 1. The fourth-order valence-electron chi connectivity index (χ4n) is 2.42. The van der Waals surface area contributed by atoms with Crippen molar-refractivity contribution in [2.24, 2.45) is 7.05 Å². The van der Waals surface area contributed by atoms with Crippen molar-refractivity contribution in [2.45, 2.75) is 45.6 Å². The Morgan fingerprint density at radius 1 is 1.50 bits per heavy atom. The Bertz CT molecular complexity index is 428. The molecule has 0 radical (unpaired) electrons. The van der Waals surface area contributed by atoms with E-state index >= 15 is 0 Å². The normalized spacial score (nSPS) is 14.5. The third-order valence-corrected chi connectivity index (χ3v) is 3.50. The molecule has 0 bridgehead atoms. The maximum Gasteiger partial charge on any atom is 0.313 e. The fraction of sp³-hybridized carbons (Fsp3) is 0.750. The second kappa shape index (κ2) is 5.95. The predicted molar refractivity (Wildman–Crippen MR) is 70.8 cm³/mol. The summed E-state index contributed by atoms with van der Waals surface area (Å²) in [6.07, 6.45) is 1.42. The van der Waals surface area contributed by atoms with Gasteiger partial charge in [-0.05, 0) is 26.8 Å². The molecule has 1 aromatic heterocycles. The molecular formula is C12H22N4O2. The molecule has 2 unspecified atom stereocenters. The van der Waals surface area contributed by atoms with E-state index in [2.05, 4.69) is 10.4 Å². The van der Waals surface area contributed by atoms with Gasteiger partial charge in [0, 0.05) is 19.0 Å². The summed E-state index contributed by atoms with van der Waals surface area (Å²) in [6, 6.07) is 0.175. The van der Waals surface area contributed by atoms with Crippen molar-refractivity contribution < 1.29 is 4.92 Å². The highest BCUT2D eigenvalue weighted by atomic mass is 16.6. The lowest BCUT2D eigenvalue weighted by molar-refractivity contribution is -0.386. The van der Waals surface area contributed by atoms with Gasteiger partial charge < -0.3 is 5.32 Å². The summed E-state index contributed by atoms with van der Waals surface area (Å²) in [6.45, 7) is 5.97. The summed E-state index contributed by atoms with van der Waals surface area (Å²) in [5, 5.41) is 18.7. The molecule has 0 spiro atoms. The van der Waals surface area contributed by atoms with Gasteiger partial charge in [0.15, 0.2) is 0 Å². The summed E-state index contributed by atoms with van der Waals surface area (Å²) in [7, 11) is 3.66. The molecule has 0 saturated carbocycles. The van der Waals surface area contributed by atoms with E-state index in [1.165, 1.54) is 0 Å². The Morgan fingerprint density at radius 2 is 2.11 bits per heavy atom. The number of nitro groups is 1. The summed E-state index contributed by atoms with van der Waals surface area (Å²) in [5.74, 6) is 0.0909. The van der Waals surface area contributed by atoms with E-state index in [1.54, 1.807) is 11.7 Å². The molecule has 0 saturated heterocycles. The molecule has 1 aromatic rings. The van der Waals surface area contributed by atoms with Crippen LogP contribution in [0.15, 0.2) is 0 Å². The van der Waals surface area contributed by atoms with Gasteiger partial charge in [0.05, 0.1) is 4.92 Å². The van der Waals surface area contributed by atoms with Gasteiger partial charge >= 0.3 is 5.69 Å². The zero-order chi connectivity index (χ0) is 13.9. The van der Waals surface area contributed by atoms with Gasteiger partial charge in [-0.2, -0.15) is 5.10 Å². The van der Waals surface area contributed by atoms with Crippen LogP contribution in [0.1, 0.15) is 44.5 Å².